The zero-order chi connectivity index (χ0) is 27.9. The third kappa shape index (κ3) is 7.12. The molecule has 1 saturated heterocycles. The molecule has 5 rings (SSSR count). The zero-order valence-corrected chi connectivity index (χ0v) is 23.9. The monoisotopic (exact) mass is 540 g/mol. The van der Waals surface area contributed by atoms with Gasteiger partial charge in [0.2, 0.25) is 0 Å². The number of aryl methyl sites for hydroxylation is 1. The molecule has 0 amide bonds. The average Bonchev–Trinajstić information content (AvgIpc) is 2.95. The summed E-state index contributed by atoms with van der Waals surface area (Å²) in [5, 5.41) is 0.914. The quantitative estimate of drug-likeness (QED) is 0.212. The molecule has 1 aromatic heterocycles. The fraction of sp³-hybridized carbons (Fsp3) is 0.382. The Morgan fingerprint density at radius 2 is 1.55 bits per heavy atom. The standard InChI is InChI=1S/C34H40N2O4/c1-25-7-11-27(12-8-25)33-31(30-16-15-29(39-21-19-35(2)3)24-32(30)40-34(33)37)23-26-9-13-28(14-10-26)38-22-20-36-17-5-4-6-18-36/h7-16,24H,4-6,17-23H2,1-3H3. The van der Waals surface area contributed by atoms with Crippen LogP contribution in [-0.2, 0) is 6.42 Å². The van der Waals surface area contributed by atoms with Gasteiger partial charge in [0.25, 0.3) is 0 Å². The lowest BCUT2D eigenvalue weighted by Crippen LogP contribution is -2.33. The van der Waals surface area contributed by atoms with E-state index in [1.807, 2.05) is 75.6 Å². The van der Waals surface area contributed by atoms with Crippen LogP contribution in [0, 0.1) is 6.92 Å². The second-order valence-corrected chi connectivity index (χ2v) is 11.0. The normalized spacial score (nSPS) is 14.1. The number of likely N-dealkylation sites (tertiary alicyclic amines) is 1. The summed E-state index contributed by atoms with van der Waals surface area (Å²) in [5.74, 6) is 1.56. The minimum atomic E-state index is -0.338. The van der Waals surface area contributed by atoms with Gasteiger partial charge in [0.1, 0.15) is 30.3 Å². The van der Waals surface area contributed by atoms with Crippen molar-refractivity contribution in [3.63, 3.8) is 0 Å². The van der Waals surface area contributed by atoms with Crippen molar-refractivity contribution in [2.24, 2.45) is 0 Å². The number of likely N-dealkylation sites (N-methyl/N-ethyl adjacent to an activating group) is 1. The first-order valence-electron chi connectivity index (χ1n) is 14.3. The summed E-state index contributed by atoms with van der Waals surface area (Å²) in [6.45, 7) is 7.42. The molecule has 4 aromatic rings. The van der Waals surface area contributed by atoms with Gasteiger partial charge in [0, 0.05) is 24.5 Å². The van der Waals surface area contributed by atoms with Gasteiger partial charge in [-0.15, -0.1) is 0 Å². The summed E-state index contributed by atoms with van der Waals surface area (Å²) in [4.78, 5) is 18.0. The Kier molecular flexibility index (Phi) is 9.19. The van der Waals surface area contributed by atoms with Crippen LogP contribution in [0.15, 0.2) is 75.9 Å². The number of ether oxygens (including phenoxy) is 2. The smallest absolute Gasteiger partial charge is 0.344 e. The molecular weight excluding hydrogens is 500 g/mol. The lowest BCUT2D eigenvalue weighted by molar-refractivity contribution is 0.183. The van der Waals surface area contributed by atoms with Crippen molar-refractivity contribution in [3.05, 3.63) is 93.8 Å². The highest BCUT2D eigenvalue weighted by Crippen LogP contribution is 2.32. The van der Waals surface area contributed by atoms with Crippen LogP contribution in [0.25, 0.3) is 22.1 Å². The molecule has 0 saturated carbocycles. The van der Waals surface area contributed by atoms with Crippen LogP contribution in [0.2, 0.25) is 0 Å². The highest BCUT2D eigenvalue weighted by Gasteiger charge is 2.18. The lowest BCUT2D eigenvalue weighted by atomic mass is 9.93. The molecule has 0 unspecified atom stereocenters. The molecule has 3 aromatic carbocycles. The third-order valence-corrected chi connectivity index (χ3v) is 7.56. The van der Waals surface area contributed by atoms with Crippen molar-refractivity contribution in [2.75, 3.05) is 53.5 Å². The van der Waals surface area contributed by atoms with Crippen LogP contribution >= 0.6 is 0 Å². The second-order valence-electron chi connectivity index (χ2n) is 11.0. The van der Waals surface area contributed by atoms with E-state index in [2.05, 4.69) is 21.9 Å². The number of benzene rings is 3. The fourth-order valence-corrected chi connectivity index (χ4v) is 5.26. The van der Waals surface area contributed by atoms with E-state index in [1.54, 1.807) is 0 Å². The van der Waals surface area contributed by atoms with Crippen LogP contribution in [0.5, 0.6) is 11.5 Å². The maximum absolute atomic E-state index is 13.4. The Bertz CT molecular complexity index is 1450. The van der Waals surface area contributed by atoms with Crippen LogP contribution in [0.4, 0.5) is 0 Å². The summed E-state index contributed by atoms with van der Waals surface area (Å²) in [6, 6.07) is 22.1. The van der Waals surface area contributed by atoms with Crippen LogP contribution < -0.4 is 15.1 Å². The summed E-state index contributed by atoms with van der Waals surface area (Å²) < 4.78 is 17.8. The summed E-state index contributed by atoms with van der Waals surface area (Å²) in [5.41, 5.74) is 4.87. The summed E-state index contributed by atoms with van der Waals surface area (Å²) >= 11 is 0. The van der Waals surface area contributed by atoms with E-state index in [0.717, 1.165) is 46.5 Å². The molecule has 1 aliphatic heterocycles. The molecule has 40 heavy (non-hydrogen) atoms. The Morgan fingerprint density at radius 1 is 0.850 bits per heavy atom. The van der Waals surface area contributed by atoms with E-state index in [1.165, 1.54) is 32.4 Å². The summed E-state index contributed by atoms with van der Waals surface area (Å²) in [6.07, 6.45) is 4.52. The van der Waals surface area contributed by atoms with Crippen LogP contribution in [0.3, 0.4) is 0 Å². The van der Waals surface area contributed by atoms with Crippen LogP contribution in [-0.4, -0.2) is 63.3 Å². The topological polar surface area (TPSA) is 55.2 Å². The Hall–Kier alpha value is -3.61. The average molecular weight is 541 g/mol. The maximum Gasteiger partial charge on any atom is 0.344 e. The minimum absolute atomic E-state index is 0.338. The van der Waals surface area contributed by atoms with Gasteiger partial charge in [0.15, 0.2) is 0 Å². The molecule has 210 valence electrons. The molecule has 0 N–H and O–H groups in total. The van der Waals surface area contributed by atoms with E-state index >= 15 is 0 Å². The van der Waals surface area contributed by atoms with Crippen molar-refractivity contribution in [1.29, 1.82) is 0 Å². The SMILES string of the molecule is Cc1ccc(-c2c(Cc3ccc(OCCN4CCCCC4)cc3)c3ccc(OCCN(C)C)cc3oc2=O)cc1. The highest BCUT2D eigenvalue weighted by atomic mass is 16.5. The van der Waals surface area contributed by atoms with E-state index in [0.29, 0.717) is 36.5 Å². The van der Waals surface area contributed by atoms with Gasteiger partial charge in [0.05, 0.1) is 5.56 Å². The van der Waals surface area contributed by atoms with Crippen molar-refractivity contribution in [2.45, 2.75) is 32.6 Å². The van der Waals surface area contributed by atoms with E-state index in [-0.39, 0.29) is 5.63 Å². The van der Waals surface area contributed by atoms with E-state index in [4.69, 9.17) is 13.9 Å². The number of fused-ring (bicyclic) bond motifs is 1. The largest absolute Gasteiger partial charge is 0.492 e. The van der Waals surface area contributed by atoms with Gasteiger partial charge >= 0.3 is 5.63 Å². The molecule has 0 radical (unpaired) electrons. The van der Waals surface area contributed by atoms with Gasteiger partial charge in [-0.3, -0.25) is 4.90 Å². The number of piperidine rings is 1. The lowest BCUT2D eigenvalue weighted by Gasteiger charge is -2.26. The number of hydrogen-bond acceptors (Lipinski definition) is 6. The van der Waals surface area contributed by atoms with E-state index < -0.39 is 0 Å². The predicted molar refractivity (Wildman–Crippen MR) is 162 cm³/mol. The molecule has 2 heterocycles. The molecule has 0 bridgehead atoms. The number of nitrogens with zero attached hydrogens (tertiary/aromatic N) is 2. The maximum atomic E-state index is 13.4. The van der Waals surface area contributed by atoms with Gasteiger partial charge in [-0.2, -0.15) is 0 Å². The highest BCUT2D eigenvalue weighted by molar-refractivity contribution is 5.88. The predicted octanol–water partition coefficient (Wildman–Crippen LogP) is 6.16. The van der Waals surface area contributed by atoms with Gasteiger partial charge in [-0.05, 0) is 94.3 Å². The summed E-state index contributed by atoms with van der Waals surface area (Å²) in [7, 11) is 4.02. The first kappa shape index (κ1) is 27.9. The molecule has 0 atom stereocenters. The molecule has 6 nitrogen and oxygen atoms in total. The van der Waals surface area contributed by atoms with Gasteiger partial charge in [-0.25, -0.2) is 4.79 Å². The zero-order valence-electron chi connectivity index (χ0n) is 23.9. The van der Waals surface area contributed by atoms with Gasteiger partial charge < -0.3 is 18.8 Å². The second kappa shape index (κ2) is 13.2. The third-order valence-electron chi connectivity index (χ3n) is 7.56. The number of rotatable bonds is 11. The number of hydrogen-bond donors (Lipinski definition) is 0. The fourth-order valence-electron chi connectivity index (χ4n) is 5.26. The van der Waals surface area contributed by atoms with Crippen LogP contribution in [0.1, 0.15) is 36.0 Å². The first-order valence-corrected chi connectivity index (χ1v) is 14.3. The van der Waals surface area contributed by atoms with Crippen molar-refractivity contribution in [1.82, 2.24) is 9.80 Å². The molecule has 1 aliphatic rings. The Balaban J connectivity index is 1.40. The molecule has 0 aliphatic carbocycles. The first-order chi connectivity index (χ1) is 19.5. The van der Waals surface area contributed by atoms with Crippen molar-refractivity contribution in [3.8, 4) is 22.6 Å². The van der Waals surface area contributed by atoms with E-state index in [9.17, 15) is 4.79 Å². The van der Waals surface area contributed by atoms with Gasteiger partial charge in [-0.1, -0.05) is 48.4 Å². The molecule has 6 heteroatoms. The Morgan fingerprint density at radius 3 is 2.27 bits per heavy atom. The van der Waals surface area contributed by atoms with Crippen molar-refractivity contribution < 1.29 is 13.9 Å². The van der Waals surface area contributed by atoms with Crippen molar-refractivity contribution >= 4 is 11.0 Å². The molecular formula is C34H40N2O4. The minimum Gasteiger partial charge on any atom is -0.492 e. The Labute approximate surface area is 237 Å². The molecule has 1 fully saturated rings. The molecule has 0 spiro atoms.